The second kappa shape index (κ2) is 8.62. The van der Waals surface area contributed by atoms with Crippen molar-refractivity contribution in [1.82, 2.24) is 20.1 Å². The molecule has 0 radical (unpaired) electrons. The number of nitrogens with zero attached hydrogens (tertiary/aromatic N) is 4. The van der Waals surface area contributed by atoms with E-state index in [1.807, 2.05) is 44.2 Å². The lowest BCUT2D eigenvalue weighted by atomic mass is 10.1. The molecule has 30 heavy (non-hydrogen) atoms. The highest BCUT2D eigenvalue weighted by atomic mass is 16.5. The van der Waals surface area contributed by atoms with E-state index in [1.165, 1.54) is 4.68 Å². The van der Waals surface area contributed by atoms with Gasteiger partial charge in [-0.05, 0) is 31.5 Å². The maximum atomic E-state index is 12.6. The van der Waals surface area contributed by atoms with Crippen LogP contribution in [0.5, 0.6) is 0 Å². The van der Waals surface area contributed by atoms with Crippen LogP contribution in [0.25, 0.3) is 10.8 Å². The summed E-state index contributed by atoms with van der Waals surface area (Å²) in [7, 11) is 0. The number of hydrogen-bond donors (Lipinski definition) is 1. The Hall–Kier alpha value is -3.26. The highest BCUT2D eigenvalue weighted by molar-refractivity contribution is 5.83. The summed E-state index contributed by atoms with van der Waals surface area (Å²) in [5.74, 6) is 0.632. The average Bonchev–Trinajstić information content (AvgIpc) is 2.76. The Balaban J connectivity index is 1.38. The van der Waals surface area contributed by atoms with Crippen molar-refractivity contribution in [3.05, 3.63) is 64.2 Å². The van der Waals surface area contributed by atoms with Crippen LogP contribution in [0.15, 0.2) is 47.4 Å². The van der Waals surface area contributed by atoms with Crippen molar-refractivity contribution in [2.24, 2.45) is 0 Å². The summed E-state index contributed by atoms with van der Waals surface area (Å²) in [5.41, 5.74) is 1.34. The largest absolute Gasteiger partial charge is 0.375 e. The summed E-state index contributed by atoms with van der Waals surface area (Å²) >= 11 is 0. The van der Waals surface area contributed by atoms with E-state index >= 15 is 0 Å². The molecule has 0 saturated carbocycles. The van der Waals surface area contributed by atoms with Gasteiger partial charge in [0.15, 0.2) is 0 Å². The molecule has 1 amide bonds. The molecule has 4 rings (SSSR count). The lowest BCUT2D eigenvalue weighted by Crippen LogP contribution is -2.41. The zero-order chi connectivity index (χ0) is 21.1. The van der Waals surface area contributed by atoms with Crippen molar-refractivity contribution < 1.29 is 9.53 Å². The highest BCUT2D eigenvalue weighted by Gasteiger charge is 2.17. The number of morpholine rings is 1. The number of rotatable bonds is 5. The third-order valence-electron chi connectivity index (χ3n) is 5.21. The van der Waals surface area contributed by atoms with Gasteiger partial charge in [-0.2, -0.15) is 5.10 Å². The molecule has 1 N–H and O–H groups in total. The molecule has 8 heteroatoms. The van der Waals surface area contributed by atoms with Crippen LogP contribution in [0.4, 0.5) is 5.82 Å². The number of aromatic nitrogens is 3. The number of hydrogen-bond acceptors (Lipinski definition) is 6. The standard InChI is InChI=1S/C22H25N5O3/c1-15-13-26(9-10-30-15)20-8-7-17(11-23-20)12-24-21(28)14-27-22(29)19-6-4-3-5-18(19)16(2)25-27/h3-8,11,15H,9-10,12-14H2,1-2H3,(H,24,28). The van der Waals surface area contributed by atoms with Gasteiger partial charge in [-0.25, -0.2) is 9.67 Å². The fraction of sp³-hybridized carbons (Fsp3) is 0.364. The van der Waals surface area contributed by atoms with Gasteiger partial charge >= 0.3 is 0 Å². The first-order valence-corrected chi connectivity index (χ1v) is 10.1. The molecule has 1 aliphatic rings. The molecule has 1 atom stereocenters. The Morgan fingerprint density at radius 3 is 2.77 bits per heavy atom. The van der Waals surface area contributed by atoms with Gasteiger partial charge in [-0.1, -0.05) is 24.3 Å². The first-order chi connectivity index (χ1) is 14.5. The first-order valence-electron chi connectivity index (χ1n) is 10.1. The average molecular weight is 407 g/mol. The molecule has 1 unspecified atom stereocenters. The number of fused-ring (bicyclic) bond motifs is 1. The number of pyridine rings is 1. The zero-order valence-electron chi connectivity index (χ0n) is 17.2. The molecular formula is C22H25N5O3. The molecule has 8 nitrogen and oxygen atoms in total. The van der Waals surface area contributed by atoms with E-state index in [4.69, 9.17) is 4.74 Å². The SMILES string of the molecule is Cc1nn(CC(=O)NCc2ccc(N3CCOC(C)C3)nc2)c(=O)c2ccccc12. The minimum absolute atomic E-state index is 0.123. The fourth-order valence-electron chi connectivity index (χ4n) is 3.64. The van der Waals surface area contributed by atoms with Crippen LogP contribution >= 0.6 is 0 Å². The summed E-state index contributed by atoms with van der Waals surface area (Å²) in [4.78, 5) is 31.7. The first kappa shape index (κ1) is 20.0. The molecule has 2 aromatic heterocycles. The minimum atomic E-state index is -0.273. The van der Waals surface area contributed by atoms with E-state index in [-0.39, 0.29) is 24.1 Å². The molecule has 0 bridgehead atoms. The number of aryl methyl sites for hydroxylation is 1. The smallest absolute Gasteiger partial charge is 0.275 e. The number of carbonyl (C=O) groups excluding carboxylic acids is 1. The number of amides is 1. The van der Waals surface area contributed by atoms with Gasteiger partial charge in [-0.3, -0.25) is 9.59 Å². The molecule has 156 valence electrons. The molecule has 3 heterocycles. The van der Waals surface area contributed by atoms with E-state index in [0.29, 0.717) is 18.5 Å². The van der Waals surface area contributed by atoms with Crippen LogP contribution in [0, 0.1) is 6.92 Å². The zero-order valence-corrected chi connectivity index (χ0v) is 17.2. The van der Waals surface area contributed by atoms with Crippen molar-refractivity contribution in [2.75, 3.05) is 24.6 Å². The highest BCUT2D eigenvalue weighted by Crippen LogP contribution is 2.15. The van der Waals surface area contributed by atoms with Crippen molar-refractivity contribution in [2.45, 2.75) is 33.0 Å². The van der Waals surface area contributed by atoms with Crippen LogP contribution in [0.1, 0.15) is 18.2 Å². The van der Waals surface area contributed by atoms with Crippen LogP contribution in [0.2, 0.25) is 0 Å². The van der Waals surface area contributed by atoms with E-state index in [2.05, 4.69) is 20.3 Å². The Morgan fingerprint density at radius 1 is 1.23 bits per heavy atom. The third-order valence-corrected chi connectivity index (χ3v) is 5.21. The predicted molar refractivity (Wildman–Crippen MR) is 114 cm³/mol. The number of carbonyl (C=O) groups is 1. The molecule has 1 aromatic carbocycles. The Kier molecular flexibility index (Phi) is 5.76. The normalized spacial score (nSPS) is 16.6. The molecule has 1 aliphatic heterocycles. The number of ether oxygens (including phenoxy) is 1. The third kappa shape index (κ3) is 4.33. The summed E-state index contributed by atoms with van der Waals surface area (Å²) in [5, 5.41) is 8.49. The van der Waals surface area contributed by atoms with Crippen molar-refractivity contribution in [1.29, 1.82) is 0 Å². The summed E-state index contributed by atoms with van der Waals surface area (Å²) in [6, 6.07) is 11.2. The molecule has 0 spiro atoms. The molecule has 1 saturated heterocycles. The summed E-state index contributed by atoms with van der Waals surface area (Å²) in [6.45, 7) is 6.43. The number of nitrogens with one attached hydrogen (secondary N) is 1. The van der Waals surface area contributed by atoms with Crippen LogP contribution in [-0.2, 0) is 22.6 Å². The van der Waals surface area contributed by atoms with Crippen molar-refractivity contribution >= 4 is 22.5 Å². The van der Waals surface area contributed by atoms with Gasteiger partial charge in [0.25, 0.3) is 5.56 Å². The number of anilines is 1. The minimum Gasteiger partial charge on any atom is -0.375 e. The summed E-state index contributed by atoms with van der Waals surface area (Å²) in [6.07, 6.45) is 1.95. The van der Waals surface area contributed by atoms with E-state index in [9.17, 15) is 9.59 Å². The summed E-state index contributed by atoms with van der Waals surface area (Å²) < 4.78 is 6.78. The van der Waals surface area contributed by atoms with E-state index < -0.39 is 0 Å². The van der Waals surface area contributed by atoms with Gasteiger partial charge in [0.05, 0.1) is 23.8 Å². The maximum Gasteiger partial charge on any atom is 0.275 e. The monoisotopic (exact) mass is 407 g/mol. The predicted octanol–water partition coefficient (Wildman–Crippen LogP) is 1.64. The Bertz CT molecular complexity index is 1110. The van der Waals surface area contributed by atoms with Gasteiger partial charge < -0.3 is 15.0 Å². The van der Waals surface area contributed by atoms with Gasteiger partial charge in [-0.15, -0.1) is 0 Å². The Labute approximate surface area is 174 Å². The maximum absolute atomic E-state index is 12.6. The topological polar surface area (TPSA) is 89.3 Å². The Morgan fingerprint density at radius 2 is 2.03 bits per heavy atom. The van der Waals surface area contributed by atoms with Crippen LogP contribution in [0.3, 0.4) is 0 Å². The van der Waals surface area contributed by atoms with Gasteiger partial charge in [0.2, 0.25) is 5.91 Å². The molecular weight excluding hydrogens is 382 g/mol. The van der Waals surface area contributed by atoms with E-state index in [0.717, 1.165) is 35.6 Å². The second-order valence-corrected chi connectivity index (χ2v) is 7.52. The lowest BCUT2D eigenvalue weighted by molar-refractivity contribution is -0.122. The quantitative estimate of drug-likeness (QED) is 0.692. The van der Waals surface area contributed by atoms with Crippen LogP contribution in [-0.4, -0.2) is 46.5 Å². The second-order valence-electron chi connectivity index (χ2n) is 7.52. The molecule has 0 aliphatic carbocycles. The van der Waals surface area contributed by atoms with Crippen molar-refractivity contribution in [3.63, 3.8) is 0 Å². The number of benzene rings is 1. The van der Waals surface area contributed by atoms with Gasteiger partial charge in [0.1, 0.15) is 12.4 Å². The van der Waals surface area contributed by atoms with E-state index in [1.54, 1.807) is 12.3 Å². The fourth-order valence-corrected chi connectivity index (χ4v) is 3.64. The van der Waals surface area contributed by atoms with Crippen LogP contribution < -0.4 is 15.8 Å². The van der Waals surface area contributed by atoms with Crippen molar-refractivity contribution in [3.8, 4) is 0 Å². The van der Waals surface area contributed by atoms with Gasteiger partial charge in [0, 0.05) is 31.2 Å². The molecule has 3 aromatic rings. The lowest BCUT2D eigenvalue weighted by Gasteiger charge is -2.32. The molecule has 1 fully saturated rings.